The van der Waals surface area contributed by atoms with Crippen molar-refractivity contribution in [2.45, 2.75) is 39.3 Å². The zero-order valence-corrected chi connectivity index (χ0v) is 16.0. The van der Waals surface area contributed by atoms with Gasteiger partial charge in [0.05, 0.1) is 0 Å². The van der Waals surface area contributed by atoms with Gasteiger partial charge in [-0.1, -0.05) is 62.0 Å². The van der Waals surface area contributed by atoms with Gasteiger partial charge in [-0.05, 0) is 25.0 Å². The van der Waals surface area contributed by atoms with Gasteiger partial charge in [-0.3, -0.25) is 9.59 Å². The SMILES string of the molecule is C=C1c2ccccc2C(=O)N1CCC(=O)N(Cc1ccccc1)C(C)CC. The van der Waals surface area contributed by atoms with Crippen LogP contribution in [0, 0.1) is 0 Å². The van der Waals surface area contributed by atoms with E-state index in [9.17, 15) is 9.59 Å². The molecule has 4 nitrogen and oxygen atoms in total. The molecule has 0 N–H and O–H groups in total. The van der Waals surface area contributed by atoms with Crippen LogP contribution in [0.15, 0.2) is 61.2 Å². The van der Waals surface area contributed by atoms with Crippen molar-refractivity contribution in [2.75, 3.05) is 6.54 Å². The molecule has 1 aliphatic rings. The molecular formula is C23H26N2O2. The van der Waals surface area contributed by atoms with Gasteiger partial charge in [-0.2, -0.15) is 0 Å². The molecule has 1 aliphatic heterocycles. The molecule has 1 heterocycles. The van der Waals surface area contributed by atoms with Crippen LogP contribution in [-0.4, -0.2) is 34.2 Å². The summed E-state index contributed by atoms with van der Waals surface area (Å²) in [6, 6.07) is 17.6. The van der Waals surface area contributed by atoms with Crippen LogP contribution in [0.1, 0.15) is 48.2 Å². The molecule has 3 rings (SSSR count). The average Bonchev–Trinajstić information content (AvgIpc) is 2.95. The number of carbonyl (C=O) groups excluding carboxylic acids is 2. The predicted octanol–water partition coefficient (Wildman–Crippen LogP) is 4.33. The van der Waals surface area contributed by atoms with Crippen molar-refractivity contribution in [2.24, 2.45) is 0 Å². The molecule has 0 saturated heterocycles. The summed E-state index contributed by atoms with van der Waals surface area (Å²) in [5.74, 6) is -0.00805. The molecule has 0 aliphatic carbocycles. The highest BCUT2D eigenvalue weighted by Gasteiger charge is 2.31. The Labute approximate surface area is 161 Å². The Balaban J connectivity index is 1.68. The first-order valence-electron chi connectivity index (χ1n) is 9.46. The third kappa shape index (κ3) is 3.95. The molecule has 2 aromatic rings. The van der Waals surface area contributed by atoms with Gasteiger partial charge in [0.1, 0.15) is 0 Å². The molecular weight excluding hydrogens is 336 g/mol. The highest BCUT2D eigenvalue weighted by molar-refractivity contribution is 6.08. The number of carbonyl (C=O) groups is 2. The molecule has 0 bridgehead atoms. The van der Waals surface area contributed by atoms with Gasteiger partial charge < -0.3 is 9.80 Å². The van der Waals surface area contributed by atoms with Gasteiger partial charge in [0.2, 0.25) is 5.91 Å². The molecule has 140 valence electrons. The Morgan fingerprint density at radius 3 is 2.33 bits per heavy atom. The maximum absolute atomic E-state index is 12.9. The van der Waals surface area contributed by atoms with E-state index in [-0.39, 0.29) is 24.3 Å². The second kappa shape index (κ2) is 8.21. The van der Waals surface area contributed by atoms with E-state index in [1.165, 1.54) is 0 Å². The predicted molar refractivity (Wildman–Crippen MR) is 108 cm³/mol. The Kier molecular flexibility index (Phi) is 5.75. The maximum atomic E-state index is 12.9. The molecule has 1 unspecified atom stereocenters. The minimum atomic E-state index is -0.0680. The summed E-state index contributed by atoms with van der Waals surface area (Å²) in [6.45, 7) is 9.14. The van der Waals surface area contributed by atoms with Crippen LogP contribution in [0.5, 0.6) is 0 Å². The summed E-state index contributed by atoms with van der Waals surface area (Å²) in [6.07, 6.45) is 1.18. The fraction of sp³-hybridized carbons (Fsp3) is 0.304. The first-order chi connectivity index (χ1) is 13.0. The third-order valence-corrected chi connectivity index (χ3v) is 5.23. The molecule has 0 radical (unpaired) electrons. The van der Waals surface area contributed by atoms with Crippen LogP contribution in [-0.2, 0) is 11.3 Å². The zero-order chi connectivity index (χ0) is 19.4. The lowest BCUT2D eigenvalue weighted by Gasteiger charge is -2.30. The third-order valence-electron chi connectivity index (χ3n) is 5.23. The number of rotatable bonds is 7. The number of fused-ring (bicyclic) bond motifs is 1. The maximum Gasteiger partial charge on any atom is 0.258 e. The second-order valence-corrected chi connectivity index (χ2v) is 6.96. The van der Waals surface area contributed by atoms with Crippen LogP contribution >= 0.6 is 0 Å². The minimum Gasteiger partial charge on any atom is -0.336 e. The average molecular weight is 362 g/mol. The Morgan fingerprint density at radius 2 is 1.70 bits per heavy atom. The molecule has 0 spiro atoms. The smallest absolute Gasteiger partial charge is 0.258 e. The lowest BCUT2D eigenvalue weighted by molar-refractivity contribution is -0.134. The van der Waals surface area contributed by atoms with E-state index in [2.05, 4.69) is 20.4 Å². The summed E-state index contributed by atoms with van der Waals surface area (Å²) in [4.78, 5) is 29.1. The fourth-order valence-corrected chi connectivity index (χ4v) is 3.41. The van der Waals surface area contributed by atoms with Crippen LogP contribution < -0.4 is 0 Å². The van der Waals surface area contributed by atoms with E-state index in [4.69, 9.17) is 0 Å². The van der Waals surface area contributed by atoms with Crippen LogP contribution in [0.25, 0.3) is 5.70 Å². The Hall–Kier alpha value is -2.88. The minimum absolute atomic E-state index is 0.0600. The van der Waals surface area contributed by atoms with E-state index in [1.54, 1.807) is 4.90 Å². The van der Waals surface area contributed by atoms with Gasteiger partial charge in [-0.15, -0.1) is 0 Å². The van der Waals surface area contributed by atoms with Gasteiger partial charge in [-0.25, -0.2) is 0 Å². The largest absolute Gasteiger partial charge is 0.336 e. The van der Waals surface area contributed by atoms with Crippen molar-refractivity contribution in [1.29, 1.82) is 0 Å². The zero-order valence-electron chi connectivity index (χ0n) is 16.0. The van der Waals surface area contributed by atoms with Crippen LogP contribution in [0.2, 0.25) is 0 Å². The summed E-state index contributed by atoms with van der Waals surface area (Å²) < 4.78 is 0. The van der Waals surface area contributed by atoms with Crippen molar-refractivity contribution >= 4 is 17.5 Å². The number of benzene rings is 2. The highest BCUT2D eigenvalue weighted by Crippen LogP contribution is 2.31. The lowest BCUT2D eigenvalue weighted by atomic mass is 10.1. The first-order valence-corrected chi connectivity index (χ1v) is 9.46. The van der Waals surface area contributed by atoms with Gasteiger partial charge in [0.25, 0.3) is 5.91 Å². The van der Waals surface area contributed by atoms with Crippen molar-refractivity contribution in [3.05, 3.63) is 77.9 Å². The summed E-state index contributed by atoms with van der Waals surface area (Å²) in [5, 5.41) is 0. The highest BCUT2D eigenvalue weighted by atomic mass is 16.2. The number of amides is 2. The van der Waals surface area contributed by atoms with Crippen molar-refractivity contribution < 1.29 is 9.59 Å². The molecule has 0 fully saturated rings. The molecule has 2 amide bonds. The topological polar surface area (TPSA) is 40.6 Å². The van der Waals surface area contributed by atoms with Crippen LogP contribution in [0.3, 0.4) is 0 Å². The summed E-state index contributed by atoms with van der Waals surface area (Å²) >= 11 is 0. The number of hydrogen-bond donors (Lipinski definition) is 0. The molecule has 2 aromatic carbocycles. The lowest BCUT2D eigenvalue weighted by Crippen LogP contribution is -2.39. The van der Waals surface area contributed by atoms with E-state index in [0.29, 0.717) is 24.4 Å². The standard InChI is InChI=1S/C23H26N2O2/c1-4-17(2)25(16-19-10-6-5-7-11-19)22(26)14-15-24-18(3)20-12-8-9-13-21(20)23(24)27/h5-13,17H,3-4,14-16H2,1-2H3. The number of nitrogens with zero attached hydrogens (tertiary/aromatic N) is 2. The first kappa shape index (κ1) is 18.9. The van der Waals surface area contributed by atoms with E-state index < -0.39 is 0 Å². The fourth-order valence-electron chi connectivity index (χ4n) is 3.41. The molecule has 1 atom stereocenters. The molecule has 4 heteroatoms. The van der Waals surface area contributed by atoms with E-state index in [1.807, 2.05) is 59.5 Å². The molecule has 0 aromatic heterocycles. The van der Waals surface area contributed by atoms with Gasteiger partial charge in [0.15, 0.2) is 0 Å². The van der Waals surface area contributed by atoms with Crippen molar-refractivity contribution in [1.82, 2.24) is 9.80 Å². The molecule has 27 heavy (non-hydrogen) atoms. The molecule has 0 saturated carbocycles. The van der Waals surface area contributed by atoms with Gasteiger partial charge >= 0.3 is 0 Å². The van der Waals surface area contributed by atoms with Gasteiger partial charge in [0, 0.05) is 42.4 Å². The van der Waals surface area contributed by atoms with E-state index in [0.717, 1.165) is 17.5 Å². The van der Waals surface area contributed by atoms with Crippen LogP contribution in [0.4, 0.5) is 0 Å². The summed E-state index contributed by atoms with van der Waals surface area (Å²) in [5.41, 5.74) is 3.32. The monoisotopic (exact) mass is 362 g/mol. The normalized spacial score (nSPS) is 14.2. The summed E-state index contributed by atoms with van der Waals surface area (Å²) in [7, 11) is 0. The van der Waals surface area contributed by atoms with E-state index >= 15 is 0 Å². The number of hydrogen-bond acceptors (Lipinski definition) is 2. The van der Waals surface area contributed by atoms with Crippen molar-refractivity contribution in [3.63, 3.8) is 0 Å². The Bertz CT molecular complexity index is 809. The second-order valence-electron chi connectivity index (χ2n) is 6.96. The van der Waals surface area contributed by atoms with Crippen molar-refractivity contribution in [3.8, 4) is 0 Å². The Morgan fingerprint density at radius 1 is 1.07 bits per heavy atom. The quantitative estimate of drug-likeness (QED) is 0.735.